The summed E-state index contributed by atoms with van der Waals surface area (Å²) in [7, 11) is 0. The van der Waals surface area contributed by atoms with Gasteiger partial charge < -0.3 is 20.3 Å². The number of rotatable bonds is 65. The van der Waals surface area contributed by atoms with Gasteiger partial charge in [-0.15, -0.1) is 0 Å². The SMILES string of the molecule is CCCCCCCCCCC/C=C/C(O)C(CO)NC(=O)CCCCCCCCCCCCCCCCCCCCCCCCCCCCCCCOC(=O)CCCCCCCCCCCCCCCCCCCC. The van der Waals surface area contributed by atoms with Crippen molar-refractivity contribution in [2.75, 3.05) is 13.2 Å². The van der Waals surface area contributed by atoms with Crippen LogP contribution in [-0.4, -0.2) is 47.4 Å². The highest BCUT2D eigenvalue weighted by Crippen LogP contribution is 2.19. The summed E-state index contributed by atoms with van der Waals surface area (Å²) in [6.45, 7) is 4.93. The number of allylic oxidation sites excluding steroid dienone is 1. The Morgan fingerprint density at radius 3 is 0.907 bits per heavy atom. The highest BCUT2D eigenvalue weighted by atomic mass is 16.5. The number of ether oxygens (including phenoxy) is 1. The second-order valence-electron chi connectivity index (χ2n) is 23.9. The number of nitrogens with one attached hydrogen (secondary N) is 1. The van der Waals surface area contributed by atoms with Crippen LogP contribution in [0.15, 0.2) is 12.2 Å². The topological polar surface area (TPSA) is 95.9 Å². The summed E-state index contributed by atoms with van der Waals surface area (Å²) in [5.41, 5.74) is 0. The van der Waals surface area contributed by atoms with Crippen LogP contribution in [0.3, 0.4) is 0 Å². The van der Waals surface area contributed by atoms with Crippen LogP contribution in [0.5, 0.6) is 0 Å². The third kappa shape index (κ3) is 61.7. The van der Waals surface area contributed by atoms with Crippen molar-refractivity contribution in [1.82, 2.24) is 5.32 Å². The van der Waals surface area contributed by atoms with Crippen LogP contribution in [0, 0.1) is 0 Å². The molecule has 0 radical (unpaired) electrons. The third-order valence-corrected chi connectivity index (χ3v) is 16.3. The van der Waals surface area contributed by atoms with Crippen molar-refractivity contribution in [1.29, 1.82) is 0 Å². The van der Waals surface area contributed by atoms with Crippen LogP contribution in [0.25, 0.3) is 0 Å². The second kappa shape index (κ2) is 65.1. The Hall–Kier alpha value is -1.40. The number of amides is 1. The van der Waals surface area contributed by atoms with Crippen LogP contribution in [0.2, 0.25) is 0 Å². The highest BCUT2D eigenvalue weighted by molar-refractivity contribution is 5.76. The lowest BCUT2D eigenvalue weighted by atomic mass is 10.0. The van der Waals surface area contributed by atoms with Crippen LogP contribution in [0.4, 0.5) is 0 Å². The van der Waals surface area contributed by atoms with Gasteiger partial charge >= 0.3 is 5.97 Å². The highest BCUT2D eigenvalue weighted by Gasteiger charge is 2.18. The van der Waals surface area contributed by atoms with E-state index < -0.39 is 12.1 Å². The van der Waals surface area contributed by atoms with Crippen LogP contribution >= 0.6 is 0 Å². The van der Waals surface area contributed by atoms with E-state index in [9.17, 15) is 19.8 Å². The van der Waals surface area contributed by atoms with E-state index in [0.29, 0.717) is 19.4 Å². The van der Waals surface area contributed by atoms with Gasteiger partial charge in [0.05, 0.1) is 25.4 Å². The minimum atomic E-state index is -0.839. The van der Waals surface area contributed by atoms with Gasteiger partial charge in [-0.3, -0.25) is 9.59 Å². The summed E-state index contributed by atoms with van der Waals surface area (Å²) in [4.78, 5) is 24.5. The molecule has 0 rings (SSSR count). The Labute approximate surface area is 469 Å². The van der Waals surface area contributed by atoms with Crippen LogP contribution in [-0.2, 0) is 14.3 Å². The Morgan fingerprint density at radius 1 is 0.360 bits per heavy atom. The number of hydrogen-bond donors (Lipinski definition) is 3. The van der Waals surface area contributed by atoms with Gasteiger partial charge in [0.1, 0.15) is 0 Å². The number of aliphatic hydroxyl groups is 2. The molecule has 2 unspecified atom stereocenters. The second-order valence-corrected chi connectivity index (χ2v) is 23.9. The lowest BCUT2D eigenvalue weighted by Crippen LogP contribution is -2.45. The Morgan fingerprint density at radius 2 is 0.613 bits per heavy atom. The first kappa shape index (κ1) is 73.6. The van der Waals surface area contributed by atoms with E-state index in [1.807, 2.05) is 6.08 Å². The van der Waals surface area contributed by atoms with E-state index in [4.69, 9.17) is 4.74 Å². The maximum absolute atomic E-state index is 12.4. The molecule has 0 spiro atoms. The summed E-state index contributed by atoms with van der Waals surface area (Å²) in [6.07, 6.45) is 80.1. The molecule has 0 bridgehead atoms. The maximum Gasteiger partial charge on any atom is 0.305 e. The minimum absolute atomic E-state index is 0.0243. The summed E-state index contributed by atoms with van der Waals surface area (Å²) in [5, 5.41) is 23.0. The van der Waals surface area contributed by atoms with E-state index in [2.05, 4.69) is 19.2 Å². The largest absolute Gasteiger partial charge is 0.466 e. The molecule has 0 saturated heterocycles. The number of carbonyl (C=O) groups excluding carboxylic acids is 2. The summed E-state index contributed by atoms with van der Waals surface area (Å²) < 4.78 is 5.51. The molecule has 6 nitrogen and oxygen atoms in total. The van der Waals surface area contributed by atoms with E-state index in [-0.39, 0.29) is 18.5 Å². The normalized spacial score (nSPS) is 12.5. The Kier molecular flexibility index (Phi) is 63.9. The first-order chi connectivity index (χ1) is 37.0. The molecular weight excluding hydrogens is 923 g/mol. The number of aliphatic hydroxyl groups excluding tert-OH is 2. The predicted octanol–water partition coefficient (Wildman–Crippen LogP) is 22.0. The fourth-order valence-electron chi connectivity index (χ4n) is 11.1. The van der Waals surface area contributed by atoms with E-state index in [1.54, 1.807) is 6.08 Å². The average Bonchev–Trinajstić information content (AvgIpc) is 3.41. The van der Waals surface area contributed by atoms with Crippen LogP contribution < -0.4 is 5.32 Å². The van der Waals surface area contributed by atoms with Crippen molar-refractivity contribution in [3.8, 4) is 0 Å². The van der Waals surface area contributed by atoms with Crippen molar-refractivity contribution >= 4 is 11.9 Å². The van der Waals surface area contributed by atoms with Crippen molar-refractivity contribution < 1.29 is 24.5 Å². The summed E-state index contributed by atoms with van der Waals surface area (Å²) >= 11 is 0. The number of unbranched alkanes of at least 4 members (excludes halogenated alkanes) is 54. The van der Waals surface area contributed by atoms with Gasteiger partial charge in [0.25, 0.3) is 0 Å². The van der Waals surface area contributed by atoms with Crippen molar-refractivity contribution in [3.63, 3.8) is 0 Å². The number of carbonyl (C=O) groups is 2. The zero-order valence-electron chi connectivity index (χ0n) is 51.1. The van der Waals surface area contributed by atoms with Gasteiger partial charge in [0, 0.05) is 12.8 Å². The van der Waals surface area contributed by atoms with Crippen molar-refractivity contribution in [3.05, 3.63) is 12.2 Å². The molecule has 2 atom stereocenters. The molecule has 446 valence electrons. The lowest BCUT2D eigenvalue weighted by molar-refractivity contribution is -0.143. The molecule has 0 heterocycles. The van der Waals surface area contributed by atoms with E-state index >= 15 is 0 Å². The van der Waals surface area contributed by atoms with Crippen molar-refractivity contribution in [2.24, 2.45) is 0 Å². The third-order valence-electron chi connectivity index (χ3n) is 16.3. The molecule has 6 heteroatoms. The molecule has 0 aliphatic heterocycles. The minimum Gasteiger partial charge on any atom is -0.466 e. The summed E-state index contributed by atoms with van der Waals surface area (Å²) in [5.74, 6) is -0.0394. The molecule has 0 saturated carbocycles. The Balaban J connectivity index is 3.30. The molecule has 0 fully saturated rings. The Bertz CT molecular complexity index is 1130. The van der Waals surface area contributed by atoms with Gasteiger partial charge in [-0.2, -0.15) is 0 Å². The standard InChI is InChI=1S/C69H135NO5/c1-3-5-7-9-11-13-15-16-17-18-33-36-39-43-47-51-55-59-63-69(74)75-64-60-56-52-48-44-40-37-34-31-29-27-25-23-21-19-20-22-24-26-28-30-32-35-38-42-46-50-54-58-62-68(73)70-66(65-71)67(72)61-57-53-49-45-41-14-12-10-8-6-4-2/h57,61,66-67,71-72H,3-56,58-60,62-65H2,1-2H3,(H,70,73)/b61-57+. The van der Waals surface area contributed by atoms with E-state index in [1.165, 1.54) is 327 Å². The predicted molar refractivity (Wildman–Crippen MR) is 329 cm³/mol. The van der Waals surface area contributed by atoms with Gasteiger partial charge in [-0.25, -0.2) is 0 Å². The average molecular weight is 1060 g/mol. The number of hydrogen-bond acceptors (Lipinski definition) is 5. The van der Waals surface area contributed by atoms with Gasteiger partial charge in [0.2, 0.25) is 5.91 Å². The van der Waals surface area contributed by atoms with Crippen molar-refractivity contribution in [2.45, 2.75) is 405 Å². The molecule has 1 amide bonds. The molecule has 0 aliphatic carbocycles. The van der Waals surface area contributed by atoms with Gasteiger partial charge in [-0.1, -0.05) is 360 Å². The zero-order valence-corrected chi connectivity index (χ0v) is 51.1. The fourth-order valence-corrected chi connectivity index (χ4v) is 11.1. The molecule has 75 heavy (non-hydrogen) atoms. The smallest absolute Gasteiger partial charge is 0.305 e. The van der Waals surface area contributed by atoms with E-state index in [0.717, 1.165) is 38.5 Å². The fraction of sp³-hybridized carbons (Fsp3) is 0.942. The first-order valence-corrected chi connectivity index (χ1v) is 34.5. The monoisotopic (exact) mass is 1060 g/mol. The molecule has 0 aliphatic rings. The number of esters is 1. The van der Waals surface area contributed by atoms with Gasteiger partial charge in [0.15, 0.2) is 0 Å². The van der Waals surface area contributed by atoms with Gasteiger partial charge in [-0.05, 0) is 32.1 Å². The molecule has 0 aromatic rings. The molecule has 3 N–H and O–H groups in total. The lowest BCUT2D eigenvalue weighted by Gasteiger charge is -2.20. The van der Waals surface area contributed by atoms with Crippen LogP contribution in [0.1, 0.15) is 393 Å². The molecule has 0 aromatic carbocycles. The molecular formula is C69H135NO5. The zero-order chi connectivity index (χ0) is 54.3. The first-order valence-electron chi connectivity index (χ1n) is 34.5. The quantitative estimate of drug-likeness (QED) is 0.0320. The maximum atomic E-state index is 12.4. The summed E-state index contributed by atoms with van der Waals surface area (Å²) in [6, 6.07) is -0.623. The molecule has 0 aromatic heterocycles.